The summed E-state index contributed by atoms with van der Waals surface area (Å²) >= 11 is 5.93. The van der Waals surface area contributed by atoms with Crippen molar-refractivity contribution in [1.29, 1.82) is 0 Å². The summed E-state index contributed by atoms with van der Waals surface area (Å²) in [5, 5.41) is 13.3. The zero-order chi connectivity index (χ0) is 13.8. The number of phenols is 1. The van der Waals surface area contributed by atoms with Crippen molar-refractivity contribution in [3.8, 4) is 11.5 Å². The second-order valence-electron chi connectivity index (χ2n) is 4.55. The highest BCUT2D eigenvalue weighted by Crippen LogP contribution is 2.36. The maximum Gasteiger partial charge on any atom is 0.208 e. The molecule has 0 aliphatic carbocycles. The Labute approximate surface area is 117 Å². The van der Waals surface area contributed by atoms with Gasteiger partial charge in [0.15, 0.2) is 11.5 Å². The van der Waals surface area contributed by atoms with Crippen LogP contribution in [0.25, 0.3) is 0 Å². The van der Waals surface area contributed by atoms with Crippen LogP contribution in [-0.4, -0.2) is 49.8 Å². The van der Waals surface area contributed by atoms with Crippen LogP contribution < -0.4 is 10.1 Å². The van der Waals surface area contributed by atoms with E-state index in [9.17, 15) is 9.50 Å². The summed E-state index contributed by atoms with van der Waals surface area (Å²) in [7, 11) is 1.32. The molecule has 0 saturated carbocycles. The number of methoxy groups -OCH3 is 1. The van der Waals surface area contributed by atoms with Gasteiger partial charge in [0.2, 0.25) is 5.82 Å². The molecule has 1 aromatic rings. The lowest BCUT2D eigenvalue weighted by Crippen LogP contribution is -2.44. The van der Waals surface area contributed by atoms with Gasteiger partial charge >= 0.3 is 0 Å². The number of ether oxygens (including phenoxy) is 1. The van der Waals surface area contributed by atoms with E-state index in [1.165, 1.54) is 7.11 Å². The van der Waals surface area contributed by atoms with E-state index in [1.54, 1.807) is 6.07 Å². The molecule has 0 unspecified atom stereocenters. The molecule has 1 heterocycles. The molecule has 0 atom stereocenters. The van der Waals surface area contributed by atoms with Crippen LogP contribution in [0.1, 0.15) is 5.56 Å². The Morgan fingerprint density at radius 1 is 1.47 bits per heavy atom. The van der Waals surface area contributed by atoms with Crippen LogP contribution in [0.3, 0.4) is 0 Å². The van der Waals surface area contributed by atoms with E-state index in [0.29, 0.717) is 12.0 Å². The van der Waals surface area contributed by atoms with Crippen LogP contribution in [0.2, 0.25) is 5.02 Å². The lowest BCUT2D eigenvalue weighted by molar-refractivity contribution is 0.243. The zero-order valence-corrected chi connectivity index (χ0v) is 11.6. The predicted octanol–water partition coefficient (Wildman–Crippen LogP) is 1.64. The summed E-state index contributed by atoms with van der Waals surface area (Å²) in [6, 6.07) is 1.57. The second kappa shape index (κ2) is 6.41. The van der Waals surface area contributed by atoms with Gasteiger partial charge in [0, 0.05) is 32.7 Å². The van der Waals surface area contributed by atoms with E-state index in [4.69, 9.17) is 16.3 Å². The minimum Gasteiger partial charge on any atom is -0.505 e. The van der Waals surface area contributed by atoms with Crippen LogP contribution >= 0.6 is 11.6 Å². The Hall–Kier alpha value is -1.04. The first-order valence-electron chi connectivity index (χ1n) is 6.30. The van der Waals surface area contributed by atoms with Crippen molar-refractivity contribution in [2.24, 2.45) is 0 Å². The molecule has 1 aliphatic heterocycles. The first kappa shape index (κ1) is 14.4. The Morgan fingerprint density at radius 3 is 2.79 bits per heavy atom. The van der Waals surface area contributed by atoms with Crippen LogP contribution in [-0.2, 0) is 6.42 Å². The van der Waals surface area contributed by atoms with Gasteiger partial charge in [-0.3, -0.25) is 0 Å². The quantitative estimate of drug-likeness (QED) is 0.884. The van der Waals surface area contributed by atoms with Crippen molar-refractivity contribution in [3.05, 3.63) is 22.5 Å². The molecule has 4 nitrogen and oxygen atoms in total. The average Bonchev–Trinajstić information content (AvgIpc) is 2.43. The summed E-state index contributed by atoms with van der Waals surface area (Å²) < 4.78 is 18.6. The smallest absolute Gasteiger partial charge is 0.208 e. The molecular weight excluding hydrogens is 271 g/mol. The molecule has 2 N–H and O–H groups in total. The van der Waals surface area contributed by atoms with Gasteiger partial charge in [-0.2, -0.15) is 4.39 Å². The van der Waals surface area contributed by atoms with Gasteiger partial charge in [0.05, 0.1) is 12.1 Å². The Balaban J connectivity index is 2.07. The summed E-state index contributed by atoms with van der Waals surface area (Å²) in [5.74, 6) is -1.26. The average molecular weight is 289 g/mol. The first-order chi connectivity index (χ1) is 9.13. The van der Waals surface area contributed by atoms with E-state index in [2.05, 4.69) is 10.2 Å². The molecule has 0 bridgehead atoms. The first-order valence-corrected chi connectivity index (χ1v) is 6.68. The van der Waals surface area contributed by atoms with Crippen LogP contribution in [0.5, 0.6) is 11.5 Å². The topological polar surface area (TPSA) is 44.7 Å². The van der Waals surface area contributed by atoms with E-state index < -0.39 is 5.82 Å². The van der Waals surface area contributed by atoms with Gasteiger partial charge in [0.25, 0.3) is 0 Å². The molecule has 1 saturated heterocycles. The lowest BCUT2D eigenvalue weighted by atomic mass is 10.1. The summed E-state index contributed by atoms with van der Waals surface area (Å²) in [5.41, 5.74) is 0.516. The molecule has 2 rings (SSSR count). The Bertz CT molecular complexity index is 451. The minimum absolute atomic E-state index is 0.106. The minimum atomic E-state index is -0.787. The third kappa shape index (κ3) is 3.29. The maximum atomic E-state index is 13.8. The van der Waals surface area contributed by atoms with Crippen molar-refractivity contribution < 1.29 is 14.2 Å². The van der Waals surface area contributed by atoms with Crippen LogP contribution in [0, 0.1) is 5.82 Å². The van der Waals surface area contributed by atoms with Crippen molar-refractivity contribution in [3.63, 3.8) is 0 Å². The highest BCUT2D eigenvalue weighted by Gasteiger charge is 2.18. The van der Waals surface area contributed by atoms with Crippen molar-refractivity contribution in [1.82, 2.24) is 10.2 Å². The fourth-order valence-electron chi connectivity index (χ4n) is 2.23. The molecule has 0 radical (unpaired) electrons. The summed E-state index contributed by atoms with van der Waals surface area (Å²) in [4.78, 5) is 2.27. The highest BCUT2D eigenvalue weighted by atomic mass is 35.5. The molecule has 1 fully saturated rings. The number of halogens is 2. The normalized spacial score (nSPS) is 16.6. The highest BCUT2D eigenvalue weighted by molar-refractivity contribution is 6.32. The SMILES string of the molecule is COc1c(Cl)cc(CCN2CCNCC2)c(O)c1F. The summed E-state index contributed by atoms with van der Waals surface area (Å²) in [6.07, 6.45) is 0.562. The molecule has 0 amide bonds. The molecule has 6 heteroatoms. The van der Waals surface area contributed by atoms with Crippen LogP contribution in [0.4, 0.5) is 4.39 Å². The number of nitrogens with one attached hydrogen (secondary N) is 1. The molecule has 1 aromatic carbocycles. The van der Waals surface area contributed by atoms with E-state index >= 15 is 0 Å². The van der Waals surface area contributed by atoms with Gasteiger partial charge in [-0.25, -0.2) is 0 Å². The largest absolute Gasteiger partial charge is 0.505 e. The number of benzene rings is 1. The van der Waals surface area contributed by atoms with Gasteiger partial charge in [-0.15, -0.1) is 0 Å². The number of hydrogen-bond acceptors (Lipinski definition) is 4. The zero-order valence-electron chi connectivity index (χ0n) is 10.9. The van der Waals surface area contributed by atoms with Crippen molar-refractivity contribution >= 4 is 11.6 Å². The Morgan fingerprint density at radius 2 is 2.16 bits per heavy atom. The van der Waals surface area contributed by atoms with E-state index in [-0.39, 0.29) is 16.5 Å². The molecule has 19 heavy (non-hydrogen) atoms. The van der Waals surface area contributed by atoms with E-state index in [0.717, 1.165) is 32.7 Å². The third-order valence-corrected chi connectivity index (χ3v) is 3.62. The number of nitrogens with zero attached hydrogens (tertiary/aromatic N) is 1. The molecule has 106 valence electrons. The van der Waals surface area contributed by atoms with Gasteiger partial charge in [-0.05, 0) is 18.1 Å². The number of hydrogen-bond donors (Lipinski definition) is 2. The molecular formula is C13H18ClFN2O2. The van der Waals surface area contributed by atoms with Gasteiger partial charge in [-0.1, -0.05) is 11.6 Å². The standard InChI is InChI=1S/C13H18ClFN2O2/c1-19-13-10(14)8-9(12(18)11(13)15)2-5-17-6-3-16-4-7-17/h8,16,18H,2-7H2,1H3. The fourth-order valence-corrected chi connectivity index (χ4v) is 2.52. The van der Waals surface area contributed by atoms with Crippen molar-refractivity contribution in [2.45, 2.75) is 6.42 Å². The summed E-state index contributed by atoms with van der Waals surface area (Å²) in [6.45, 7) is 4.63. The molecule has 0 spiro atoms. The third-order valence-electron chi connectivity index (χ3n) is 3.34. The fraction of sp³-hybridized carbons (Fsp3) is 0.538. The van der Waals surface area contributed by atoms with Crippen LogP contribution in [0.15, 0.2) is 6.07 Å². The van der Waals surface area contributed by atoms with E-state index in [1.807, 2.05) is 0 Å². The molecule has 1 aliphatic rings. The van der Waals surface area contributed by atoms with Gasteiger partial charge in [0.1, 0.15) is 0 Å². The number of piperazine rings is 1. The lowest BCUT2D eigenvalue weighted by Gasteiger charge is -2.27. The predicted molar refractivity (Wildman–Crippen MR) is 72.6 cm³/mol. The number of phenolic OH excluding ortho intramolecular Hbond substituents is 1. The number of aromatic hydroxyl groups is 1. The second-order valence-corrected chi connectivity index (χ2v) is 4.96. The van der Waals surface area contributed by atoms with Crippen molar-refractivity contribution in [2.75, 3.05) is 39.8 Å². The molecule has 0 aromatic heterocycles. The number of rotatable bonds is 4. The van der Waals surface area contributed by atoms with Gasteiger partial charge < -0.3 is 20.1 Å². The monoisotopic (exact) mass is 288 g/mol. The Kier molecular flexibility index (Phi) is 4.85. The maximum absolute atomic E-state index is 13.8.